The van der Waals surface area contributed by atoms with Crippen LogP contribution in [-0.4, -0.2) is 32.3 Å². The van der Waals surface area contributed by atoms with Gasteiger partial charge in [0, 0.05) is 0 Å². The normalized spacial score (nSPS) is 12.7. The van der Waals surface area contributed by atoms with Crippen molar-refractivity contribution in [2.75, 3.05) is 0 Å². The van der Waals surface area contributed by atoms with Crippen molar-refractivity contribution < 1.29 is 0 Å². The molecule has 5 aromatic carbocycles. The molecular formula is C80H130P2Si4. The molecular weight excluding hydrogens is 1140 g/mol. The van der Waals surface area contributed by atoms with Gasteiger partial charge in [0.25, 0.3) is 0 Å². The van der Waals surface area contributed by atoms with Crippen molar-refractivity contribution in [3.05, 3.63) is 139 Å². The SMILES string of the molecule is CCCC[Si](CCCC)(CCCC)c1cccc(P(/C=C(/c2ccccc2)P(c2cccc([Si](CCCC)(CCCC)CCCC)c2)c2cccc([Si](CCCC)(CCCC)CCCC)c2)c2cccc([Si](CCCC)(CCCC)CCCC)c2)c1. The molecule has 0 aliphatic carbocycles. The van der Waals surface area contributed by atoms with E-state index in [1.807, 2.05) is 0 Å². The summed E-state index contributed by atoms with van der Waals surface area (Å²) in [5.41, 5.74) is 1.43. The first kappa shape index (κ1) is 74.3. The summed E-state index contributed by atoms with van der Waals surface area (Å²) in [5.74, 6) is 3.00. The molecule has 5 rings (SSSR count). The highest BCUT2D eigenvalue weighted by molar-refractivity contribution is 7.84. The topological polar surface area (TPSA) is 0 Å². The van der Waals surface area contributed by atoms with E-state index in [2.05, 4.69) is 216 Å². The third kappa shape index (κ3) is 21.3. The molecule has 0 radical (unpaired) electrons. The Morgan fingerprint density at radius 3 is 0.721 bits per heavy atom. The Kier molecular flexibility index (Phi) is 35.5. The van der Waals surface area contributed by atoms with Gasteiger partial charge in [-0.2, -0.15) is 0 Å². The largest absolute Gasteiger partial charge is 0.0867 e. The van der Waals surface area contributed by atoms with Crippen LogP contribution in [0.5, 0.6) is 0 Å². The van der Waals surface area contributed by atoms with Gasteiger partial charge < -0.3 is 0 Å². The second-order valence-electron chi connectivity index (χ2n) is 27.2. The second-order valence-corrected chi connectivity index (χ2v) is 49.9. The fourth-order valence-corrected chi connectivity index (χ4v) is 43.1. The molecule has 0 fully saturated rings. The van der Waals surface area contributed by atoms with Crippen LogP contribution in [0.1, 0.15) is 243 Å². The second kappa shape index (κ2) is 41.1. The summed E-state index contributed by atoms with van der Waals surface area (Å²) in [6.07, 6.45) is 31.8. The molecule has 0 aromatic heterocycles. The van der Waals surface area contributed by atoms with Crippen LogP contribution in [0.4, 0.5) is 0 Å². The Balaban J connectivity index is 2.05. The van der Waals surface area contributed by atoms with Crippen molar-refractivity contribution in [3.8, 4) is 0 Å². The van der Waals surface area contributed by atoms with E-state index in [0.717, 1.165) is 0 Å². The van der Waals surface area contributed by atoms with Gasteiger partial charge in [0.15, 0.2) is 0 Å². The zero-order chi connectivity index (χ0) is 61.9. The van der Waals surface area contributed by atoms with Gasteiger partial charge in [-0.1, -0.05) is 458 Å². The molecule has 0 saturated heterocycles. The Bertz CT molecular complexity index is 2380. The molecule has 0 aliphatic heterocycles. The maximum absolute atomic E-state index is 3.00. The average molecular weight is 1270 g/mol. The van der Waals surface area contributed by atoms with E-state index in [1.54, 1.807) is 47.3 Å². The first-order valence-electron chi connectivity index (χ1n) is 36.8. The van der Waals surface area contributed by atoms with Crippen molar-refractivity contribution in [2.24, 2.45) is 0 Å². The molecule has 0 spiro atoms. The quantitative estimate of drug-likeness (QED) is 0.0269. The summed E-state index contributed by atoms with van der Waals surface area (Å²) in [6, 6.07) is 72.2. The molecule has 0 heterocycles. The minimum Gasteiger partial charge on any atom is -0.0654 e. The van der Waals surface area contributed by atoms with Crippen molar-refractivity contribution in [1.82, 2.24) is 0 Å². The van der Waals surface area contributed by atoms with Crippen molar-refractivity contribution >= 4 is 95.4 Å². The van der Waals surface area contributed by atoms with Gasteiger partial charge in [0.05, 0.1) is 32.3 Å². The van der Waals surface area contributed by atoms with Gasteiger partial charge in [-0.3, -0.25) is 0 Å². The van der Waals surface area contributed by atoms with Gasteiger partial charge in [-0.15, -0.1) is 0 Å². The Morgan fingerprint density at radius 1 is 0.267 bits per heavy atom. The number of benzene rings is 5. The van der Waals surface area contributed by atoms with Crippen LogP contribution in [0.3, 0.4) is 0 Å². The molecule has 0 unspecified atom stereocenters. The van der Waals surface area contributed by atoms with E-state index in [4.69, 9.17) is 0 Å². The van der Waals surface area contributed by atoms with Gasteiger partial charge in [-0.25, -0.2) is 0 Å². The summed E-state index contributed by atoms with van der Waals surface area (Å²) >= 11 is 0. The third-order valence-corrected chi connectivity index (χ3v) is 47.3. The van der Waals surface area contributed by atoms with E-state index in [9.17, 15) is 0 Å². The highest BCUT2D eigenvalue weighted by Crippen LogP contribution is 2.54. The minimum atomic E-state index is -1.85. The van der Waals surface area contributed by atoms with E-state index < -0.39 is 48.1 Å². The van der Waals surface area contributed by atoms with Crippen LogP contribution in [-0.2, 0) is 0 Å². The molecule has 5 aromatic rings. The summed E-state index contributed by atoms with van der Waals surface area (Å²) in [4.78, 5) is 0. The summed E-state index contributed by atoms with van der Waals surface area (Å²) in [5, 5.41) is 15.1. The Morgan fingerprint density at radius 2 is 0.488 bits per heavy atom. The van der Waals surface area contributed by atoms with Gasteiger partial charge in [-0.05, 0) is 53.8 Å². The highest BCUT2D eigenvalue weighted by Gasteiger charge is 2.39. The van der Waals surface area contributed by atoms with Crippen LogP contribution in [0.15, 0.2) is 133 Å². The van der Waals surface area contributed by atoms with Crippen molar-refractivity contribution in [3.63, 3.8) is 0 Å². The lowest BCUT2D eigenvalue weighted by Gasteiger charge is -2.36. The maximum Gasteiger partial charge on any atom is 0.0867 e. The fraction of sp³-hybridized carbons (Fsp3) is 0.600. The van der Waals surface area contributed by atoms with Gasteiger partial charge in [0.2, 0.25) is 0 Å². The van der Waals surface area contributed by atoms with Crippen LogP contribution >= 0.6 is 15.8 Å². The van der Waals surface area contributed by atoms with E-state index >= 15 is 0 Å². The molecule has 476 valence electrons. The molecule has 0 N–H and O–H groups in total. The van der Waals surface area contributed by atoms with Crippen LogP contribution < -0.4 is 42.0 Å². The zero-order valence-electron chi connectivity index (χ0n) is 58.1. The molecule has 6 heteroatoms. The van der Waals surface area contributed by atoms with E-state index in [1.165, 1.54) is 232 Å². The first-order valence-corrected chi connectivity index (χ1v) is 50.1. The summed E-state index contributed by atoms with van der Waals surface area (Å²) in [6.45, 7) is 29.3. The number of rotatable bonds is 47. The molecule has 0 aliphatic rings. The zero-order valence-corrected chi connectivity index (χ0v) is 63.8. The van der Waals surface area contributed by atoms with Crippen molar-refractivity contribution in [1.29, 1.82) is 0 Å². The third-order valence-electron chi connectivity index (χ3n) is 20.6. The van der Waals surface area contributed by atoms with E-state index in [0.29, 0.717) is 0 Å². The number of hydrogen-bond acceptors (Lipinski definition) is 0. The minimum absolute atomic E-state index is 0.924. The lowest BCUT2D eigenvalue weighted by atomic mass is 10.2. The average Bonchev–Trinajstić information content (AvgIpc) is 3.46. The molecule has 0 nitrogen and oxygen atoms in total. The predicted molar refractivity (Wildman–Crippen MR) is 411 cm³/mol. The van der Waals surface area contributed by atoms with E-state index in [-0.39, 0.29) is 0 Å². The number of hydrogen-bond donors (Lipinski definition) is 0. The Hall–Kier alpha value is -2.43. The standard InChI is InChI=1S/C80H130P2Si4/c1-13-25-54-83(55-26-14-2,56-27-15-3)76-50-40-46-72(66-76)81(73-47-41-51-77(67-73)84(57-28-16-4,58-29-17-5)59-30-18-6)70-80(71-44-38-37-39-45-71)82(74-48-42-52-78(68-74)85(60-31-19-7,61-32-20-8)62-33-21-9)75-49-43-53-79(69-75)86(63-34-22-10,64-35-23-11)65-36-24-12/h37-53,66-70H,13-36,54-65H2,1-12H3/b80-70-. The summed E-state index contributed by atoms with van der Waals surface area (Å²) in [7, 11) is -9.25. The maximum atomic E-state index is 3.00. The molecule has 0 saturated carbocycles. The smallest absolute Gasteiger partial charge is 0.0654 e. The first-order chi connectivity index (χ1) is 42.0. The lowest BCUT2D eigenvalue weighted by Crippen LogP contribution is -2.49. The van der Waals surface area contributed by atoms with Crippen LogP contribution in [0, 0.1) is 0 Å². The summed E-state index contributed by atoms with van der Waals surface area (Å²) < 4.78 is 0. The van der Waals surface area contributed by atoms with Gasteiger partial charge in [0.1, 0.15) is 0 Å². The fourth-order valence-electron chi connectivity index (χ4n) is 15.1. The lowest BCUT2D eigenvalue weighted by molar-refractivity contribution is 0.800. The monoisotopic (exact) mass is 1260 g/mol. The van der Waals surface area contributed by atoms with Crippen molar-refractivity contribution in [2.45, 2.75) is 310 Å². The highest BCUT2D eigenvalue weighted by atomic mass is 31.1. The molecule has 0 atom stereocenters. The number of unbranched alkanes of at least 4 members (excludes halogenated alkanes) is 12. The van der Waals surface area contributed by atoms with Crippen LogP contribution in [0.2, 0.25) is 72.5 Å². The predicted octanol–water partition coefficient (Wildman–Crippen LogP) is 23.5. The van der Waals surface area contributed by atoms with Gasteiger partial charge >= 0.3 is 0 Å². The molecule has 0 amide bonds. The molecule has 86 heavy (non-hydrogen) atoms. The van der Waals surface area contributed by atoms with Crippen LogP contribution in [0.25, 0.3) is 5.31 Å². The molecule has 0 bridgehead atoms. The Labute approximate surface area is 540 Å².